The van der Waals surface area contributed by atoms with E-state index in [0.717, 1.165) is 41.9 Å². The Morgan fingerprint density at radius 2 is 2.00 bits per heavy atom. The summed E-state index contributed by atoms with van der Waals surface area (Å²) in [4.78, 5) is 14.1. The third-order valence-corrected chi connectivity index (χ3v) is 5.15. The van der Waals surface area contributed by atoms with E-state index in [1.54, 1.807) is 0 Å². The summed E-state index contributed by atoms with van der Waals surface area (Å²) >= 11 is 0. The number of terminal acetylenes is 1. The molecule has 0 fully saturated rings. The lowest BCUT2D eigenvalue weighted by molar-refractivity contribution is 0.0242. The summed E-state index contributed by atoms with van der Waals surface area (Å²) in [5.41, 5.74) is 2.95. The molecular weight excluding hydrogens is 378 g/mol. The van der Waals surface area contributed by atoms with Crippen LogP contribution in [0.5, 0.6) is 0 Å². The van der Waals surface area contributed by atoms with Gasteiger partial charge in [0.05, 0.1) is 25.8 Å². The molecule has 0 saturated carbocycles. The second-order valence-electron chi connectivity index (χ2n) is 8.74. The fraction of sp³-hybridized carbons (Fsp3) is 0.480. The van der Waals surface area contributed by atoms with Gasteiger partial charge in [0.25, 0.3) is 0 Å². The van der Waals surface area contributed by atoms with Gasteiger partial charge in [-0.05, 0) is 51.7 Å². The molecule has 1 heterocycles. The van der Waals surface area contributed by atoms with Gasteiger partial charge in [-0.3, -0.25) is 4.90 Å². The maximum Gasteiger partial charge on any atom is 0.411 e. The third kappa shape index (κ3) is 5.67. The van der Waals surface area contributed by atoms with Crippen LogP contribution >= 0.6 is 0 Å². The Hall–Kier alpha value is -2.71. The number of benzene rings is 1. The van der Waals surface area contributed by atoms with Crippen molar-refractivity contribution in [2.24, 2.45) is 0 Å². The third-order valence-electron chi connectivity index (χ3n) is 5.15. The average Bonchev–Trinajstić information content (AvgIpc) is 3.00. The van der Waals surface area contributed by atoms with Crippen molar-refractivity contribution in [1.82, 2.24) is 4.90 Å². The summed E-state index contributed by atoms with van der Waals surface area (Å²) in [6.07, 6.45) is 7.82. The van der Waals surface area contributed by atoms with Crippen molar-refractivity contribution < 1.29 is 18.7 Å². The van der Waals surface area contributed by atoms with Gasteiger partial charge in [-0.15, -0.1) is 6.42 Å². The molecule has 0 radical (unpaired) electrons. The van der Waals surface area contributed by atoms with Gasteiger partial charge < -0.3 is 13.9 Å². The minimum atomic E-state index is -0.585. The predicted molar refractivity (Wildman–Crippen MR) is 116 cm³/mol. The van der Waals surface area contributed by atoms with Gasteiger partial charge in [-0.25, -0.2) is 4.79 Å². The molecule has 1 amide bonds. The molecule has 0 saturated heterocycles. The Morgan fingerprint density at radius 3 is 2.67 bits per heavy atom. The van der Waals surface area contributed by atoms with Crippen LogP contribution in [-0.2, 0) is 35.5 Å². The minimum absolute atomic E-state index is 0.121. The van der Waals surface area contributed by atoms with Crippen LogP contribution in [0.3, 0.4) is 0 Å². The molecule has 5 heteroatoms. The molecule has 1 aliphatic carbocycles. The van der Waals surface area contributed by atoms with Crippen molar-refractivity contribution in [2.75, 3.05) is 6.54 Å². The molecule has 1 unspecified atom stereocenters. The monoisotopic (exact) mass is 409 g/mol. The maximum atomic E-state index is 12.6. The molecule has 0 bridgehead atoms. The Morgan fingerprint density at radius 1 is 1.27 bits per heavy atom. The number of carbonyl (C=O) groups excluding carboxylic acids is 1. The van der Waals surface area contributed by atoms with E-state index < -0.39 is 11.7 Å². The Bertz CT molecular complexity index is 902. The van der Waals surface area contributed by atoms with E-state index in [4.69, 9.17) is 20.3 Å². The van der Waals surface area contributed by atoms with Crippen LogP contribution < -0.4 is 0 Å². The number of carbonyl (C=O) groups is 1. The lowest BCUT2D eigenvalue weighted by Gasteiger charge is -2.27. The molecule has 1 aromatic heterocycles. The first-order valence-electron chi connectivity index (χ1n) is 10.4. The minimum Gasteiger partial charge on any atom is -0.464 e. The Balaban J connectivity index is 1.71. The average molecular weight is 410 g/mol. The Kier molecular flexibility index (Phi) is 6.89. The number of ether oxygens (including phenoxy) is 2. The largest absolute Gasteiger partial charge is 0.464 e. The fourth-order valence-electron chi connectivity index (χ4n) is 3.74. The van der Waals surface area contributed by atoms with Gasteiger partial charge in [0.2, 0.25) is 0 Å². The summed E-state index contributed by atoms with van der Waals surface area (Å²) < 4.78 is 17.7. The van der Waals surface area contributed by atoms with E-state index in [0.29, 0.717) is 13.2 Å². The molecular formula is C25H31NO4. The van der Waals surface area contributed by atoms with Gasteiger partial charge >= 0.3 is 6.09 Å². The van der Waals surface area contributed by atoms with Crippen molar-refractivity contribution in [1.29, 1.82) is 0 Å². The molecule has 3 rings (SSSR count). The number of hydrogen-bond donors (Lipinski definition) is 0. The quantitative estimate of drug-likeness (QED) is 0.628. The van der Waals surface area contributed by atoms with Crippen LogP contribution in [-0.4, -0.2) is 29.2 Å². The van der Waals surface area contributed by atoms with Crippen molar-refractivity contribution in [3.8, 4) is 12.3 Å². The molecule has 0 spiro atoms. The number of nitrogens with zero attached hydrogens (tertiary/aromatic N) is 1. The number of fused-ring (bicyclic) bond motifs is 1. The number of rotatable bonds is 6. The van der Waals surface area contributed by atoms with Gasteiger partial charge in [-0.2, -0.15) is 0 Å². The zero-order chi connectivity index (χ0) is 21.7. The second kappa shape index (κ2) is 9.40. The summed E-state index contributed by atoms with van der Waals surface area (Å²) in [6.45, 7) is 8.55. The molecule has 0 aliphatic heterocycles. The number of hydrogen-bond acceptors (Lipinski definition) is 4. The summed E-state index contributed by atoms with van der Waals surface area (Å²) in [5.74, 6) is 4.23. The first-order valence-corrected chi connectivity index (χ1v) is 10.4. The topological polar surface area (TPSA) is 51.9 Å². The lowest BCUT2D eigenvalue weighted by atomic mass is 9.90. The summed E-state index contributed by atoms with van der Waals surface area (Å²) in [7, 11) is 0. The maximum absolute atomic E-state index is 12.6. The molecule has 0 N–H and O–H groups in total. The standard InChI is InChI=1S/C25H31NO4/c1-6-14-26(24(27)30-25(3,4)5)16-23-22-15-20(12-13-21(22)18(2)29-23)28-17-19-10-8-7-9-11-19/h1,7-11,20H,12-17H2,2-5H3. The normalized spacial score (nSPS) is 15.9. The summed E-state index contributed by atoms with van der Waals surface area (Å²) in [5, 5.41) is 0. The number of aryl methyl sites for hydroxylation is 1. The van der Waals surface area contributed by atoms with Crippen LogP contribution in [0.2, 0.25) is 0 Å². The Labute approximate surface area is 179 Å². The van der Waals surface area contributed by atoms with Crippen LogP contribution in [0.25, 0.3) is 0 Å². The van der Waals surface area contributed by atoms with E-state index in [-0.39, 0.29) is 12.6 Å². The van der Waals surface area contributed by atoms with E-state index >= 15 is 0 Å². The number of amides is 1. The zero-order valence-electron chi connectivity index (χ0n) is 18.4. The molecule has 5 nitrogen and oxygen atoms in total. The lowest BCUT2D eigenvalue weighted by Crippen LogP contribution is -2.37. The molecule has 30 heavy (non-hydrogen) atoms. The smallest absolute Gasteiger partial charge is 0.411 e. The van der Waals surface area contributed by atoms with Gasteiger partial charge in [0.15, 0.2) is 0 Å². The van der Waals surface area contributed by atoms with E-state index in [1.807, 2.05) is 45.9 Å². The van der Waals surface area contributed by atoms with Gasteiger partial charge in [0, 0.05) is 12.0 Å². The highest BCUT2D eigenvalue weighted by Gasteiger charge is 2.29. The van der Waals surface area contributed by atoms with E-state index in [9.17, 15) is 4.79 Å². The highest BCUT2D eigenvalue weighted by atomic mass is 16.6. The van der Waals surface area contributed by atoms with Crippen molar-refractivity contribution in [2.45, 2.75) is 71.8 Å². The first kappa shape index (κ1) is 22.0. The fourth-order valence-corrected chi connectivity index (χ4v) is 3.74. The predicted octanol–water partition coefficient (Wildman–Crippen LogP) is 5.03. The number of furan rings is 1. The highest BCUT2D eigenvalue weighted by molar-refractivity contribution is 5.68. The van der Waals surface area contributed by atoms with Crippen molar-refractivity contribution in [3.63, 3.8) is 0 Å². The van der Waals surface area contributed by atoms with Gasteiger partial charge in [0.1, 0.15) is 17.1 Å². The highest BCUT2D eigenvalue weighted by Crippen LogP contribution is 2.32. The molecule has 160 valence electrons. The molecule has 1 aromatic carbocycles. The van der Waals surface area contributed by atoms with E-state index in [2.05, 4.69) is 18.1 Å². The van der Waals surface area contributed by atoms with Crippen LogP contribution in [0.4, 0.5) is 4.79 Å². The van der Waals surface area contributed by atoms with E-state index in [1.165, 1.54) is 10.5 Å². The first-order chi connectivity index (χ1) is 14.3. The van der Waals surface area contributed by atoms with Crippen molar-refractivity contribution >= 4 is 6.09 Å². The summed E-state index contributed by atoms with van der Waals surface area (Å²) in [6, 6.07) is 10.2. The SMILES string of the molecule is C#CCN(Cc1oc(C)c2c1CC(OCc1ccccc1)CC2)C(=O)OC(C)(C)C. The van der Waals surface area contributed by atoms with Gasteiger partial charge in [-0.1, -0.05) is 36.3 Å². The van der Waals surface area contributed by atoms with Crippen LogP contribution in [0.15, 0.2) is 34.7 Å². The molecule has 1 atom stereocenters. The zero-order valence-corrected chi connectivity index (χ0v) is 18.4. The van der Waals surface area contributed by atoms with Crippen LogP contribution in [0.1, 0.15) is 55.4 Å². The van der Waals surface area contributed by atoms with Crippen LogP contribution in [0, 0.1) is 19.3 Å². The van der Waals surface area contributed by atoms with Crippen molar-refractivity contribution in [3.05, 3.63) is 58.5 Å². The molecule has 2 aromatic rings. The molecule has 1 aliphatic rings. The second-order valence-corrected chi connectivity index (χ2v) is 8.74.